The molecule has 0 radical (unpaired) electrons. The first-order chi connectivity index (χ1) is 10.5. The molecule has 0 spiro atoms. The number of esters is 2. The Labute approximate surface area is 128 Å². The zero-order valence-corrected chi connectivity index (χ0v) is 12.8. The Kier molecular flexibility index (Phi) is 4.70. The Morgan fingerprint density at radius 2 is 2.18 bits per heavy atom. The second-order valence-electron chi connectivity index (χ2n) is 4.90. The van der Waals surface area contributed by atoms with Crippen LogP contribution in [0.15, 0.2) is 46.4 Å². The monoisotopic (exact) mass is 305 g/mol. The topological polar surface area (TPSA) is 77.8 Å². The van der Waals surface area contributed by atoms with Crippen LogP contribution in [-0.2, 0) is 19.1 Å². The first kappa shape index (κ1) is 15.9. The number of hydrogen-bond acceptors (Lipinski definition) is 6. The molecule has 6 nitrogen and oxygen atoms in total. The first-order valence-corrected chi connectivity index (χ1v) is 6.96. The van der Waals surface area contributed by atoms with Crippen LogP contribution in [0.4, 0.5) is 0 Å². The summed E-state index contributed by atoms with van der Waals surface area (Å²) in [5.74, 6) is -1.89. The molecule has 118 valence electrons. The van der Waals surface area contributed by atoms with Crippen molar-refractivity contribution < 1.29 is 23.5 Å². The molecule has 2 rings (SSSR count). The lowest BCUT2D eigenvalue weighted by Crippen LogP contribution is -2.39. The van der Waals surface area contributed by atoms with E-state index < -0.39 is 23.8 Å². The Bertz CT molecular complexity index is 614. The maximum Gasteiger partial charge on any atom is 0.336 e. The van der Waals surface area contributed by atoms with E-state index in [9.17, 15) is 9.59 Å². The van der Waals surface area contributed by atoms with Crippen LogP contribution in [0.25, 0.3) is 0 Å². The van der Waals surface area contributed by atoms with E-state index in [1.807, 2.05) is 0 Å². The number of methoxy groups -OCH3 is 1. The second-order valence-corrected chi connectivity index (χ2v) is 4.90. The van der Waals surface area contributed by atoms with Gasteiger partial charge in [0, 0.05) is 11.4 Å². The molecule has 1 aromatic rings. The SMILES string of the molecule is C=C1NC(C)=C(C(=O)OCC)C(c2ccco2)C1C(=O)OC. The molecular weight excluding hydrogens is 286 g/mol. The van der Waals surface area contributed by atoms with E-state index in [0.29, 0.717) is 22.7 Å². The van der Waals surface area contributed by atoms with Gasteiger partial charge in [-0.05, 0) is 26.0 Å². The minimum absolute atomic E-state index is 0.240. The van der Waals surface area contributed by atoms with Gasteiger partial charge in [0.2, 0.25) is 0 Å². The van der Waals surface area contributed by atoms with Gasteiger partial charge in [-0.15, -0.1) is 0 Å². The van der Waals surface area contributed by atoms with Crippen molar-refractivity contribution in [2.75, 3.05) is 13.7 Å². The molecule has 1 aliphatic heterocycles. The van der Waals surface area contributed by atoms with Crippen LogP contribution in [-0.4, -0.2) is 25.7 Å². The molecule has 1 aliphatic rings. The van der Waals surface area contributed by atoms with Gasteiger partial charge in [0.15, 0.2) is 0 Å². The predicted molar refractivity (Wildman–Crippen MR) is 78.6 cm³/mol. The van der Waals surface area contributed by atoms with Crippen molar-refractivity contribution in [1.82, 2.24) is 5.32 Å². The average Bonchev–Trinajstić information content (AvgIpc) is 2.99. The molecule has 0 bridgehead atoms. The first-order valence-electron chi connectivity index (χ1n) is 6.96. The average molecular weight is 305 g/mol. The quantitative estimate of drug-likeness (QED) is 0.858. The summed E-state index contributed by atoms with van der Waals surface area (Å²) >= 11 is 0. The van der Waals surface area contributed by atoms with Crippen molar-refractivity contribution >= 4 is 11.9 Å². The van der Waals surface area contributed by atoms with Crippen LogP contribution >= 0.6 is 0 Å². The van der Waals surface area contributed by atoms with E-state index in [0.717, 1.165) is 0 Å². The maximum absolute atomic E-state index is 12.3. The number of furan rings is 1. The molecule has 0 saturated heterocycles. The third-order valence-corrected chi connectivity index (χ3v) is 3.57. The Morgan fingerprint density at radius 1 is 1.45 bits per heavy atom. The number of nitrogens with one attached hydrogen (secondary N) is 1. The number of allylic oxidation sites excluding steroid dienone is 1. The summed E-state index contributed by atoms with van der Waals surface area (Å²) in [5.41, 5.74) is 1.39. The van der Waals surface area contributed by atoms with Gasteiger partial charge in [-0.3, -0.25) is 4.79 Å². The highest BCUT2D eigenvalue weighted by Crippen LogP contribution is 2.41. The Hall–Kier alpha value is -2.50. The molecule has 2 heterocycles. The van der Waals surface area contributed by atoms with Gasteiger partial charge in [-0.1, -0.05) is 6.58 Å². The Morgan fingerprint density at radius 3 is 2.73 bits per heavy atom. The minimum atomic E-state index is -0.765. The van der Waals surface area contributed by atoms with Gasteiger partial charge in [-0.25, -0.2) is 4.79 Å². The van der Waals surface area contributed by atoms with E-state index in [4.69, 9.17) is 13.9 Å². The zero-order chi connectivity index (χ0) is 16.3. The largest absolute Gasteiger partial charge is 0.469 e. The van der Waals surface area contributed by atoms with Gasteiger partial charge >= 0.3 is 11.9 Å². The van der Waals surface area contributed by atoms with Crippen LogP contribution in [0.2, 0.25) is 0 Å². The summed E-state index contributed by atoms with van der Waals surface area (Å²) in [6, 6.07) is 3.41. The lowest BCUT2D eigenvalue weighted by molar-refractivity contribution is -0.145. The molecule has 22 heavy (non-hydrogen) atoms. The number of ether oxygens (including phenoxy) is 2. The van der Waals surface area contributed by atoms with Crippen molar-refractivity contribution in [3.05, 3.63) is 47.7 Å². The molecular formula is C16H19NO5. The highest BCUT2D eigenvalue weighted by atomic mass is 16.5. The standard InChI is InChI=1S/C16H19NO5/c1-5-21-16(19)13-10(3)17-9(2)12(15(18)20-4)14(13)11-7-6-8-22-11/h6-8,12,14,17H,2,5H2,1,3-4H3. The van der Waals surface area contributed by atoms with Crippen molar-refractivity contribution in [2.45, 2.75) is 19.8 Å². The van der Waals surface area contributed by atoms with Crippen LogP contribution in [0, 0.1) is 5.92 Å². The van der Waals surface area contributed by atoms with Gasteiger partial charge in [0.05, 0.1) is 31.5 Å². The maximum atomic E-state index is 12.3. The summed E-state index contributed by atoms with van der Waals surface area (Å²) in [6.07, 6.45) is 1.49. The Balaban J connectivity index is 2.56. The summed E-state index contributed by atoms with van der Waals surface area (Å²) in [4.78, 5) is 24.5. The zero-order valence-electron chi connectivity index (χ0n) is 12.8. The van der Waals surface area contributed by atoms with Gasteiger partial charge < -0.3 is 19.2 Å². The number of rotatable bonds is 4. The summed E-state index contributed by atoms with van der Waals surface area (Å²) in [5, 5.41) is 2.97. The van der Waals surface area contributed by atoms with E-state index >= 15 is 0 Å². The lowest BCUT2D eigenvalue weighted by atomic mass is 9.78. The summed E-state index contributed by atoms with van der Waals surface area (Å²) in [7, 11) is 1.30. The van der Waals surface area contributed by atoms with E-state index in [1.165, 1.54) is 13.4 Å². The summed E-state index contributed by atoms with van der Waals surface area (Å²) < 4.78 is 15.4. The van der Waals surface area contributed by atoms with E-state index in [-0.39, 0.29) is 6.61 Å². The molecule has 1 aromatic heterocycles. The number of carbonyl (C=O) groups is 2. The number of hydrogen-bond donors (Lipinski definition) is 1. The van der Waals surface area contributed by atoms with Crippen LogP contribution in [0.1, 0.15) is 25.5 Å². The molecule has 0 saturated carbocycles. The molecule has 0 amide bonds. The molecule has 2 unspecified atom stereocenters. The fraction of sp³-hybridized carbons (Fsp3) is 0.375. The van der Waals surface area contributed by atoms with Gasteiger partial charge in [0.1, 0.15) is 11.7 Å². The molecule has 0 aliphatic carbocycles. The highest BCUT2D eigenvalue weighted by Gasteiger charge is 2.44. The van der Waals surface area contributed by atoms with Crippen molar-refractivity contribution in [1.29, 1.82) is 0 Å². The van der Waals surface area contributed by atoms with Crippen LogP contribution in [0.5, 0.6) is 0 Å². The number of carbonyl (C=O) groups excluding carboxylic acids is 2. The van der Waals surface area contributed by atoms with Crippen molar-refractivity contribution in [3.63, 3.8) is 0 Å². The molecule has 6 heteroatoms. The van der Waals surface area contributed by atoms with Crippen molar-refractivity contribution in [2.24, 2.45) is 5.92 Å². The highest BCUT2D eigenvalue weighted by molar-refractivity contribution is 5.94. The van der Waals surface area contributed by atoms with Crippen LogP contribution < -0.4 is 5.32 Å². The minimum Gasteiger partial charge on any atom is -0.469 e. The predicted octanol–water partition coefficient (Wildman–Crippen LogP) is 2.11. The van der Waals surface area contributed by atoms with Crippen LogP contribution in [0.3, 0.4) is 0 Å². The summed E-state index contributed by atoms with van der Waals surface area (Å²) in [6.45, 7) is 7.58. The second kappa shape index (κ2) is 6.51. The fourth-order valence-corrected chi connectivity index (χ4v) is 2.66. The van der Waals surface area contributed by atoms with Crippen molar-refractivity contribution in [3.8, 4) is 0 Å². The van der Waals surface area contributed by atoms with Gasteiger partial charge in [-0.2, -0.15) is 0 Å². The molecule has 1 N–H and O–H groups in total. The fourth-order valence-electron chi connectivity index (χ4n) is 2.66. The third kappa shape index (κ3) is 2.77. The molecule has 0 fully saturated rings. The van der Waals surface area contributed by atoms with Gasteiger partial charge in [0.25, 0.3) is 0 Å². The third-order valence-electron chi connectivity index (χ3n) is 3.57. The smallest absolute Gasteiger partial charge is 0.336 e. The normalized spacial score (nSPS) is 21.3. The lowest BCUT2D eigenvalue weighted by Gasteiger charge is -2.33. The molecule has 2 atom stereocenters. The molecule has 0 aromatic carbocycles. The van der Waals surface area contributed by atoms with E-state index in [2.05, 4.69) is 11.9 Å². The van der Waals surface area contributed by atoms with E-state index in [1.54, 1.807) is 26.0 Å².